The lowest BCUT2D eigenvalue weighted by Crippen LogP contribution is -2.34. The van der Waals surface area contributed by atoms with Gasteiger partial charge in [0, 0.05) is 24.3 Å². The van der Waals surface area contributed by atoms with Crippen molar-refractivity contribution in [3.63, 3.8) is 0 Å². The van der Waals surface area contributed by atoms with Gasteiger partial charge in [0.25, 0.3) is 5.91 Å². The van der Waals surface area contributed by atoms with E-state index in [9.17, 15) is 13.2 Å². The van der Waals surface area contributed by atoms with E-state index in [2.05, 4.69) is 24.5 Å². The lowest BCUT2D eigenvalue weighted by molar-refractivity contribution is 0.0977. The van der Waals surface area contributed by atoms with Crippen molar-refractivity contribution in [3.8, 4) is 5.75 Å². The molecule has 2 N–H and O–H groups in total. The van der Waals surface area contributed by atoms with Crippen molar-refractivity contribution >= 4 is 38.9 Å². The fourth-order valence-electron chi connectivity index (χ4n) is 3.01. The van der Waals surface area contributed by atoms with Crippen LogP contribution in [0.4, 0.5) is 5.69 Å². The summed E-state index contributed by atoms with van der Waals surface area (Å²) in [5.74, 6) is 0.765. The number of carbonyl (C=O) groups excluding carboxylic acids is 1. The molecule has 0 saturated carbocycles. The number of sulfonamides is 1. The van der Waals surface area contributed by atoms with Gasteiger partial charge in [-0.2, -0.15) is 4.31 Å². The molecule has 180 valence electrons. The van der Waals surface area contributed by atoms with E-state index < -0.39 is 10.0 Å². The van der Waals surface area contributed by atoms with Gasteiger partial charge in [-0.15, -0.1) is 0 Å². The second-order valence-corrected chi connectivity index (χ2v) is 10.4. The summed E-state index contributed by atoms with van der Waals surface area (Å²) in [4.78, 5) is 12.7. The summed E-state index contributed by atoms with van der Waals surface area (Å²) in [5, 5.41) is 5.66. The normalized spacial score (nSPS) is 11.5. The number of thiocarbonyl (C=S) groups is 1. The third-order valence-electron chi connectivity index (χ3n) is 4.62. The van der Waals surface area contributed by atoms with Crippen LogP contribution in [0.15, 0.2) is 53.4 Å². The van der Waals surface area contributed by atoms with E-state index in [1.807, 2.05) is 13.8 Å². The predicted molar refractivity (Wildman–Crippen MR) is 136 cm³/mol. The van der Waals surface area contributed by atoms with Crippen molar-refractivity contribution in [2.24, 2.45) is 5.92 Å². The molecule has 1 amide bonds. The van der Waals surface area contributed by atoms with E-state index in [0.717, 1.165) is 12.8 Å². The minimum absolute atomic E-state index is 0.120. The minimum Gasteiger partial charge on any atom is -0.493 e. The van der Waals surface area contributed by atoms with Crippen LogP contribution in [-0.2, 0) is 10.0 Å². The highest BCUT2D eigenvalue weighted by Crippen LogP contribution is 2.19. The standard InChI is InChI=1S/C24H33N3O4S2/c1-5-15-27(16-6-2)33(29,30)22-13-9-20(10-14-22)25-24(32)26-23(28)19-7-11-21(12-8-19)31-17-18(3)4/h7-14,18H,5-6,15-17H2,1-4H3,(H2,25,26,28,32). The number of hydrogen-bond donors (Lipinski definition) is 2. The van der Waals surface area contributed by atoms with Crippen molar-refractivity contribution in [2.45, 2.75) is 45.4 Å². The number of carbonyl (C=O) groups is 1. The van der Waals surface area contributed by atoms with Gasteiger partial charge in [0.15, 0.2) is 5.11 Å². The highest BCUT2D eigenvalue weighted by atomic mass is 32.2. The molecule has 7 nitrogen and oxygen atoms in total. The Morgan fingerprint density at radius 3 is 2.09 bits per heavy atom. The third kappa shape index (κ3) is 8.10. The predicted octanol–water partition coefficient (Wildman–Crippen LogP) is 4.66. The number of amides is 1. The molecule has 0 atom stereocenters. The van der Waals surface area contributed by atoms with Crippen LogP contribution < -0.4 is 15.4 Å². The number of nitrogens with one attached hydrogen (secondary N) is 2. The summed E-state index contributed by atoms with van der Waals surface area (Å²) in [6.07, 6.45) is 1.50. The summed E-state index contributed by atoms with van der Waals surface area (Å²) in [6, 6.07) is 13.2. The van der Waals surface area contributed by atoms with Gasteiger partial charge >= 0.3 is 0 Å². The first-order valence-electron chi connectivity index (χ1n) is 11.1. The molecule has 0 aliphatic carbocycles. The highest BCUT2D eigenvalue weighted by Gasteiger charge is 2.22. The molecule has 2 aromatic carbocycles. The maximum absolute atomic E-state index is 12.9. The van der Waals surface area contributed by atoms with Crippen molar-refractivity contribution in [1.29, 1.82) is 0 Å². The van der Waals surface area contributed by atoms with Gasteiger partial charge in [0.1, 0.15) is 5.75 Å². The van der Waals surface area contributed by atoms with E-state index in [0.29, 0.717) is 42.6 Å². The Hall–Kier alpha value is -2.49. The first-order chi connectivity index (χ1) is 15.7. The van der Waals surface area contributed by atoms with Gasteiger partial charge < -0.3 is 10.1 Å². The summed E-state index contributed by atoms with van der Waals surface area (Å²) >= 11 is 5.23. The van der Waals surface area contributed by atoms with Crippen molar-refractivity contribution in [3.05, 3.63) is 54.1 Å². The molecule has 9 heteroatoms. The van der Waals surface area contributed by atoms with E-state index in [4.69, 9.17) is 17.0 Å². The molecule has 0 fully saturated rings. The molecule has 33 heavy (non-hydrogen) atoms. The van der Waals surface area contributed by atoms with Crippen molar-refractivity contribution in [2.75, 3.05) is 25.0 Å². The molecule has 0 unspecified atom stereocenters. The first-order valence-corrected chi connectivity index (χ1v) is 13.0. The molecule has 0 radical (unpaired) electrons. The fraction of sp³-hybridized carbons (Fsp3) is 0.417. The average Bonchev–Trinajstić information content (AvgIpc) is 2.78. The Labute approximate surface area is 202 Å². The summed E-state index contributed by atoms with van der Waals surface area (Å²) in [7, 11) is -3.55. The maximum Gasteiger partial charge on any atom is 0.257 e. The monoisotopic (exact) mass is 491 g/mol. The van der Waals surface area contributed by atoms with E-state index in [1.165, 1.54) is 16.4 Å². The average molecular weight is 492 g/mol. The molecule has 0 aliphatic heterocycles. The van der Waals surface area contributed by atoms with E-state index in [-0.39, 0.29) is 15.9 Å². The maximum atomic E-state index is 12.9. The Bertz CT molecular complexity index is 1010. The van der Waals surface area contributed by atoms with Gasteiger partial charge in [-0.3, -0.25) is 10.1 Å². The number of rotatable bonds is 11. The molecule has 0 bridgehead atoms. The first kappa shape index (κ1) is 26.8. The molecule has 2 rings (SSSR count). The van der Waals surface area contributed by atoms with Crippen LogP contribution in [0.25, 0.3) is 0 Å². The molecule has 0 aromatic heterocycles. The second kappa shape index (κ2) is 12.7. The summed E-state index contributed by atoms with van der Waals surface area (Å²) < 4.78 is 32.8. The summed E-state index contributed by atoms with van der Waals surface area (Å²) in [6.45, 7) is 9.61. The van der Waals surface area contributed by atoms with Gasteiger partial charge in [0.2, 0.25) is 10.0 Å². The Morgan fingerprint density at radius 2 is 1.58 bits per heavy atom. The van der Waals surface area contributed by atoms with Crippen LogP contribution in [0.1, 0.15) is 50.9 Å². The van der Waals surface area contributed by atoms with E-state index >= 15 is 0 Å². The third-order valence-corrected chi connectivity index (χ3v) is 6.74. The molecular weight excluding hydrogens is 458 g/mol. The molecule has 0 heterocycles. The smallest absolute Gasteiger partial charge is 0.257 e. The number of ether oxygens (including phenoxy) is 1. The van der Waals surface area contributed by atoms with Gasteiger partial charge in [0.05, 0.1) is 11.5 Å². The number of benzene rings is 2. The lowest BCUT2D eigenvalue weighted by Gasteiger charge is -2.21. The zero-order chi connectivity index (χ0) is 24.4. The Balaban J connectivity index is 1.97. The van der Waals surface area contributed by atoms with Crippen LogP contribution in [0.3, 0.4) is 0 Å². The lowest BCUT2D eigenvalue weighted by atomic mass is 10.2. The fourth-order valence-corrected chi connectivity index (χ4v) is 4.85. The van der Waals surface area contributed by atoms with Crippen LogP contribution in [-0.4, -0.2) is 43.4 Å². The quantitative estimate of drug-likeness (QED) is 0.445. The van der Waals surface area contributed by atoms with Crippen molar-refractivity contribution < 1.29 is 17.9 Å². The molecule has 0 spiro atoms. The second-order valence-electron chi connectivity index (χ2n) is 8.07. The largest absolute Gasteiger partial charge is 0.493 e. The number of anilines is 1. The van der Waals surface area contributed by atoms with Crippen LogP contribution in [0.5, 0.6) is 5.75 Å². The zero-order valence-corrected chi connectivity index (χ0v) is 21.3. The van der Waals surface area contributed by atoms with Crippen LogP contribution in [0.2, 0.25) is 0 Å². The molecular formula is C24H33N3O4S2. The Morgan fingerprint density at radius 1 is 1.00 bits per heavy atom. The molecule has 2 aromatic rings. The minimum atomic E-state index is -3.55. The molecule has 0 saturated heterocycles. The van der Waals surface area contributed by atoms with Gasteiger partial charge in [-0.05, 0) is 79.5 Å². The molecule has 0 aliphatic rings. The van der Waals surface area contributed by atoms with Crippen LogP contribution >= 0.6 is 12.2 Å². The zero-order valence-electron chi connectivity index (χ0n) is 19.6. The topological polar surface area (TPSA) is 87.7 Å². The highest BCUT2D eigenvalue weighted by molar-refractivity contribution is 7.89. The number of hydrogen-bond acceptors (Lipinski definition) is 5. The van der Waals surface area contributed by atoms with Crippen molar-refractivity contribution in [1.82, 2.24) is 9.62 Å². The van der Waals surface area contributed by atoms with Gasteiger partial charge in [-0.1, -0.05) is 27.7 Å². The van der Waals surface area contributed by atoms with Crippen LogP contribution in [0, 0.1) is 5.92 Å². The SMILES string of the molecule is CCCN(CCC)S(=O)(=O)c1ccc(NC(=S)NC(=O)c2ccc(OCC(C)C)cc2)cc1. The summed E-state index contributed by atoms with van der Waals surface area (Å²) in [5.41, 5.74) is 1.03. The number of nitrogens with zero attached hydrogens (tertiary/aromatic N) is 1. The Kier molecular flexibility index (Phi) is 10.3. The van der Waals surface area contributed by atoms with E-state index in [1.54, 1.807) is 36.4 Å². The van der Waals surface area contributed by atoms with Gasteiger partial charge in [-0.25, -0.2) is 8.42 Å².